The van der Waals surface area contributed by atoms with E-state index in [1.54, 1.807) is 6.07 Å². The van der Waals surface area contributed by atoms with Crippen LogP contribution in [0, 0.1) is 0 Å². The summed E-state index contributed by atoms with van der Waals surface area (Å²) in [7, 11) is 0. The number of benzene rings is 1. The molecule has 5 nitrogen and oxygen atoms in total. The number of rotatable bonds is 8. The smallest absolute Gasteiger partial charge is 0.107 e. The number of hydrazone groups is 1. The molecule has 4 N–H and O–H groups in total. The third-order valence-corrected chi connectivity index (χ3v) is 4.20. The van der Waals surface area contributed by atoms with Gasteiger partial charge in [0.15, 0.2) is 0 Å². The van der Waals surface area contributed by atoms with Crippen LogP contribution in [0.25, 0.3) is 0 Å². The van der Waals surface area contributed by atoms with E-state index in [1.807, 2.05) is 12.1 Å². The van der Waals surface area contributed by atoms with Gasteiger partial charge in [0.25, 0.3) is 0 Å². The van der Waals surface area contributed by atoms with Crippen molar-refractivity contribution < 1.29 is 0 Å². The topological polar surface area (TPSA) is 70.9 Å². The number of hydrogen-bond acceptors (Lipinski definition) is 4. The summed E-state index contributed by atoms with van der Waals surface area (Å²) in [6.07, 6.45) is 2.00. The lowest BCUT2D eigenvalue weighted by Gasteiger charge is -2.28. The standard InChI is InChI=1S/C14H23Cl2N5/c1-3-20(4-2)8-7-14(21(18)19-10-17)11-5-6-12(15)13(16)9-11/h5-6,9-10,14H,3-4,7-8,18H2,1-2H3,(H2,17,19). The minimum absolute atomic E-state index is 0.111. The molecule has 0 saturated heterocycles. The van der Waals surface area contributed by atoms with Crippen molar-refractivity contribution in [3.63, 3.8) is 0 Å². The number of nitrogens with zero attached hydrogens (tertiary/aromatic N) is 3. The average molecular weight is 332 g/mol. The zero-order valence-electron chi connectivity index (χ0n) is 12.5. The van der Waals surface area contributed by atoms with Crippen molar-refractivity contribution in [3.05, 3.63) is 33.8 Å². The monoisotopic (exact) mass is 331 g/mol. The highest BCUT2D eigenvalue weighted by molar-refractivity contribution is 6.42. The second kappa shape index (κ2) is 9.10. The van der Waals surface area contributed by atoms with E-state index in [1.165, 1.54) is 11.5 Å². The van der Waals surface area contributed by atoms with E-state index in [0.29, 0.717) is 10.0 Å². The Morgan fingerprint density at radius 1 is 1.24 bits per heavy atom. The molecule has 1 unspecified atom stereocenters. The van der Waals surface area contributed by atoms with Crippen molar-refractivity contribution >= 4 is 29.5 Å². The fraction of sp³-hybridized carbons (Fsp3) is 0.500. The van der Waals surface area contributed by atoms with Gasteiger partial charge in [-0.25, -0.2) is 11.0 Å². The van der Waals surface area contributed by atoms with Crippen LogP contribution in [0.15, 0.2) is 23.3 Å². The Morgan fingerprint density at radius 3 is 2.43 bits per heavy atom. The zero-order chi connectivity index (χ0) is 15.8. The Balaban J connectivity index is 2.93. The van der Waals surface area contributed by atoms with Crippen molar-refractivity contribution in [3.8, 4) is 0 Å². The lowest BCUT2D eigenvalue weighted by Crippen LogP contribution is -2.34. The van der Waals surface area contributed by atoms with Crippen LogP contribution in [0.4, 0.5) is 0 Å². The van der Waals surface area contributed by atoms with Gasteiger partial charge < -0.3 is 10.6 Å². The van der Waals surface area contributed by atoms with Crippen LogP contribution in [0.2, 0.25) is 10.0 Å². The molecule has 118 valence electrons. The van der Waals surface area contributed by atoms with Gasteiger partial charge in [-0.15, -0.1) is 0 Å². The second-order valence-electron chi connectivity index (χ2n) is 4.65. The van der Waals surface area contributed by atoms with Gasteiger partial charge >= 0.3 is 0 Å². The fourth-order valence-corrected chi connectivity index (χ4v) is 2.48. The largest absolute Gasteiger partial charge is 0.388 e. The molecule has 0 spiro atoms. The predicted octanol–water partition coefficient (Wildman–Crippen LogP) is 2.84. The van der Waals surface area contributed by atoms with Gasteiger partial charge in [-0.1, -0.05) is 43.1 Å². The fourth-order valence-electron chi connectivity index (χ4n) is 2.17. The van der Waals surface area contributed by atoms with Crippen LogP contribution in [0.3, 0.4) is 0 Å². The van der Waals surface area contributed by atoms with Crippen LogP contribution in [0.5, 0.6) is 0 Å². The molecule has 0 amide bonds. The first-order valence-corrected chi connectivity index (χ1v) is 7.74. The van der Waals surface area contributed by atoms with E-state index in [9.17, 15) is 0 Å². The first kappa shape index (κ1) is 18.0. The molecule has 7 heteroatoms. The molecule has 1 atom stereocenters. The van der Waals surface area contributed by atoms with Gasteiger partial charge in [0.2, 0.25) is 0 Å². The molecule has 0 aliphatic heterocycles. The number of halogens is 2. The molecule has 0 aliphatic rings. The summed E-state index contributed by atoms with van der Waals surface area (Å²) >= 11 is 12.1. The van der Waals surface area contributed by atoms with Crippen molar-refractivity contribution in [1.82, 2.24) is 10.0 Å². The highest BCUT2D eigenvalue weighted by Crippen LogP contribution is 2.29. The van der Waals surface area contributed by atoms with Crippen LogP contribution >= 0.6 is 23.2 Å². The van der Waals surface area contributed by atoms with Crippen LogP contribution < -0.4 is 11.6 Å². The third kappa shape index (κ3) is 5.36. The lowest BCUT2D eigenvalue weighted by atomic mass is 10.0. The third-order valence-electron chi connectivity index (χ3n) is 3.46. The Morgan fingerprint density at radius 2 is 1.90 bits per heavy atom. The maximum atomic E-state index is 6.09. The number of hydrogen-bond donors (Lipinski definition) is 2. The molecule has 0 aliphatic carbocycles. The van der Waals surface area contributed by atoms with Crippen LogP contribution in [-0.4, -0.2) is 36.0 Å². The molecule has 0 heterocycles. The highest BCUT2D eigenvalue weighted by Gasteiger charge is 2.18. The van der Waals surface area contributed by atoms with Crippen LogP contribution in [-0.2, 0) is 0 Å². The predicted molar refractivity (Wildman–Crippen MR) is 90.3 cm³/mol. The molecular weight excluding hydrogens is 309 g/mol. The summed E-state index contributed by atoms with van der Waals surface area (Å²) in [6.45, 7) is 7.17. The van der Waals surface area contributed by atoms with E-state index >= 15 is 0 Å². The molecule has 21 heavy (non-hydrogen) atoms. The summed E-state index contributed by atoms with van der Waals surface area (Å²) in [5.41, 5.74) is 6.30. The van der Waals surface area contributed by atoms with E-state index in [-0.39, 0.29) is 6.04 Å². The van der Waals surface area contributed by atoms with Crippen molar-refractivity contribution in [2.75, 3.05) is 19.6 Å². The van der Waals surface area contributed by atoms with Crippen molar-refractivity contribution in [1.29, 1.82) is 0 Å². The van der Waals surface area contributed by atoms with Crippen molar-refractivity contribution in [2.24, 2.45) is 16.7 Å². The summed E-state index contributed by atoms with van der Waals surface area (Å²) in [6, 6.07) is 5.39. The van der Waals surface area contributed by atoms with Gasteiger partial charge in [0.05, 0.1) is 16.1 Å². The van der Waals surface area contributed by atoms with E-state index < -0.39 is 0 Å². The van der Waals surface area contributed by atoms with Crippen molar-refractivity contribution in [2.45, 2.75) is 26.3 Å². The van der Waals surface area contributed by atoms with Gasteiger partial charge in [-0.2, -0.15) is 5.10 Å². The summed E-state index contributed by atoms with van der Waals surface area (Å²) < 4.78 is 0. The maximum Gasteiger partial charge on any atom is 0.107 e. The van der Waals surface area contributed by atoms with E-state index in [0.717, 1.165) is 31.6 Å². The van der Waals surface area contributed by atoms with Gasteiger partial charge in [-0.3, -0.25) is 0 Å². The average Bonchev–Trinajstić information content (AvgIpc) is 2.47. The van der Waals surface area contributed by atoms with Gasteiger partial charge in [-0.05, 0) is 37.2 Å². The minimum atomic E-state index is -0.111. The van der Waals surface area contributed by atoms with E-state index in [2.05, 4.69) is 23.8 Å². The highest BCUT2D eigenvalue weighted by atomic mass is 35.5. The molecule has 0 fully saturated rings. The zero-order valence-corrected chi connectivity index (χ0v) is 14.0. The summed E-state index contributed by atoms with van der Waals surface area (Å²) in [5, 5.41) is 6.35. The molecule has 0 aromatic heterocycles. The first-order chi connectivity index (χ1) is 10.0. The Kier molecular flexibility index (Phi) is 7.82. The van der Waals surface area contributed by atoms with Crippen LogP contribution in [0.1, 0.15) is 31.9 Å². The molecule has 0 radical (unpaired) electrons. The number of nitrogens with two attached hydrogens (primary N) is 2. The Bertz CT molecular complexity index is 463. The minimum Gasteiger partial charge on any atom is -0.388 e. The van der Waals surface area contributed by atoms with Gasteiger partial charge in [0, 0.05) is 6.54 Å². The van der Waals surface area contributed by atoms with E-state index in [4.69, 9.17) is 34.8 Å². The number of hydrazine groups is 1. The maximum absolute atomic E-state index is 6.09. The SMILES string of the molecule is CCN(CC)CCC(c1ccc(Cl)c(Cl)c1)N(N)/N=C\N. The molecule has 1 aromatic carbocycles. The molecular formula is C14H23Cl2N5. The quantitative estimate of drug-likeness (QED) is 0.332. The summed E-state index contributed by atoms with van der Waals surface area (Å²) in [5.74, 6) is 5.98. The normalized spacial score (nSPS) is 13.0. The second-order valence-corrected chi connectivity index (χ2v) is 5.46. The lowest BCUT2D eigenvalue weighted by molar-refractivity contribution is 0.176. The first-order valence-electron chi connectivity index (χ1n) is 6.98. The Hall–Kier alpha value is -1.01. The Labute approximate surface area is 136 Å². The van der Waals surface area contributed by atoms with Gasteiger partial charge in [0.1, 0.15) is 6.34 Å². The molecule has 1 rings (SSSR count). The molecule has 0 bridgehead atoms. The summed E-state index contributed by atoms with van der Waals surface area (Å²) in [4.78, 5) is 2.32. The molecule has 1 aromatic rings. The molecule has 0 saturated carbocycles.